The van der Waals surface area contributed by atoms with Crippen LogP contribution < -0.4 is 0 Å². The molecule has 0 aromatic heterocycles. The van der Waals surface area contributed by atoms with E-state index < -0.39 is 12.1 Å². The average Bonchev–Trinajstić information content (AvgIpc) is 2.49. The summed E-state index contributed by atoms with van der Waals surface area (Å²) in [5.41, 5.74) is 4.27. The fourth-order valence-electron chi connectivity index (χ4n) is 2.07. The first-order chi connectivity index (χ1) is 9.65. The van der Waals surface area contributed by atoms with E-state index in [-0.39, 0.29) is 0 Å². The summed E-state index contributed by atoms with van der Waals surface area (Å²) in [5.74, 6) is -0.393. The minimum Gasteiger partial charge on any atom is -0.467 e. The number of carbonyl (C=O) groups is 1. The van der Waals surface area contributed by atoms with E-state index in [0.717, 1.165) is 16.7 Å². The Bertz CT molecular complexity index is 570. The zero-order valence-electron chi connectivity index (χ0n) is 11.9. The van der Waals surface area contributed by atoms with Gasteiger partial charge in [0.2, 0.25) is 0 Å². The molecule has 0 amide bonds. The molecule has 0 aliphatic heterocycles. The Morgan fingerprint density at radius 1 is 0.900 bits per heavy atom. The van der Waals surface area contributed by atoms with Crippen LogP contribution in [-0.4, -0.2) is 20.2 Å². The third-order valence-corrected chi connectivity index (χ3v) is 3.25. The fourth-order valence-corrected chi connectivity index (χ4v) is 2.07. The minimum absolute atomic E-state index is 0.393. The molecule has 1 atom stereocenters. The van der Waals surface area contributed by atoms with Crippen molar-refractivity contribution >= 4 is 5.97 Å². The Labute approximate surface area is 119 Å². The van der Waals surface area contributed by atoms with Crippen molar-refractivity contribution < 1.29 is 14.3 Å². The molecule has 0 N–H and O–H groups in total. The van der Waals surface area contributed by atoms with Crippen molar-refractivity contribution in [2.75, 3.05) is 14.2 Å². The summed E-state index contributed by atoms with van der Waals surface area (Å²) in [6.07, 6.45) is -0.674. The van der Waals surface area contributed by atoms with Gasteiger partial charge in [0.1, 0.15) is 0 Å². The van der Waals surface area contributed by atoms with E-state index in [1.165, 1.54) is 19.8 Å². The van der Waals surface area contributed by atoms with Crippen molar-refractivity contribution in [3.63, 3.8) is 0 Å². The molecule has 0 saturated heterocycles. The summed E-state index contributed by atoms with van der Waals surface area (Å²) in [6, 6.07) is 16.1. The van der Waals surface area contributed by atoms with Crippen LogP contribution in [0, 0.1) is 6.92 Å². The molecule has 0 spiro atoms. The third-order valence-electron chi connectivity index (χ3n) is 3.25. The number of rotatable bonds is 4. The van der Waals surface area contributed by atoms with E-state index in [0.29, 0.717) is 0 Å². The third kappa shape index (κ3) is 3.06. The molecular weight excluding hydrogens is 252 g/mol. The largest absolute Gasteiger partial charge is 0.467 e. The molecule has 0 aliphatic carbocycles. The summed E-state index contributed by atoms with van der Waals surface area (Å²) >= 11 is 0. The highest BCUT2D eigenvalue weighted by Crippen LogP contribution is 2.24. The highest BCUT2D eigenvalue weighted by Gasteiger charge is 2.20. The van der Waals surface area contributed by atoms with Crippen molar-refractivity contribution in [1.82, 2.24) is 0 Å². The normalized spacial score (nSPS) is 11.9. The molecule has 0 bridgehead atoms. The quantitative estimate of drug-likeness (QED) is 0.797. The zero-order chi connectivity index (χ0) is 14.5. The van der Waals surface area contributed by atoms with E-state index >= 15 is 0 Å². The summed E-state index contributed by atoms with van der Waals surface area (Å²) in [4.78, 5) is 11.6. The molecule has 3 heteroatoms. The Morgan fingerprint density at radius 2 is 1.40 bits per heavy atom. The fraction of sp³-hybridized carbons (Fsp3) is 0.235. The highest BCUT2D eigenvalue weighted by atomic mass is 16.6. The van der Waals surface area contributed by atoms with E-state index in [1.807, 2.05) is 24.3 Å². The van der Waals surface area contributed by atoms with Gasteiger partial charge in [0.05, 0.1) is 7.11 Å². The van der Waals surface area contributed by atoms with Gasteiger partial charge >= 0.3 is 5.97 Å². The van der Waals surface area contributed by atoms with Gasteiger partial charge in [0.25, 0.3) is 0 Å². The van der Waals surface area contributed by atoms with Gasteiger partial charge in [-0.05, 0) is 23.6 Å². The Morgan fingerprint density at radius 3 is 1.85 bits per heavy atom. The van der Waals surface area contributed by atoms with Gasteiger partial charge in [0, 0.05) is 7.11 Å². The lowest BCUT2D eigenvalue weighted by atomic mass is 10.0. The van der Waals surface area contributed by atoms with Crippen LogP contribution in [0.15, 0.2) is 48.5 Å². The number of hydrogen-bond donors (Lipinski definition) is 0. The van der Waals surface area contributed by atoms with E-state index in [1.54, 1.807) is 0 Å². The van der Waals surface area contributed by atoms with E-state index in [9.17, 15) is 4.79 Å². The van der Waals surface area contributed by atoms with Gasteiger partial charge in [-0.1, -0.05) is 54.1 Å². The second-order valence-corrected chi connectivity index (χ2v) is 4.63. The predicted octanol–water partition coefficient (Wildman–Crippen LogP) is 3.52. The van der Waals surface area contributed by atoms with Gasteiger partial charge in [-0.15, -0.1) is 0 Å². The second-order valence-electron chi connectivity index (χ2n) is 4.63. The molecule has 0 fully saturated rings. The first kappa shape index (κ1) is 14.3. The molecule has 0 saturated carbocycles. The second kappa shape index (κ2) is 6.35. The van der Waals surface area contributed by atoms with Crippen molar-refractivity contribution in [2.24, 2.45) is 0 Å². The number of hydrogen-bond acceptors (Lipinski definition) is 3. The van der Waals surface area contributed by atoms with Gasteiger partial charge in [-0.3, -0.25) is 0 Å². The van der Waals surface area contributed by atoms with Crippen LogP contribution in [0.25, 0.3) is 11.1 Å². The first-order valence-electron chi connectivity index (χ1n) is 6.43. The topological polar surface area (TPSA) is 35.5 Å². The van der Waals surface area contributed by atoms with Crippen LogP contribution in [0.1, 0.15) is 17.2 Å². The Kier molecular flexibility index (Phi) is 4.53. The molecule has 20 heavy (non-hydrogen) atoms. The van der Waals surface area contributed by atoms with Crippen LogP contribution in [0.2, 0.25) is 0 Å². The molecule has 0 radical (unpaired) electrons. The predicted molar refractivity (Wildman–Crippen MR) is 78.4 cm³/mol. The minimum atomic E-state index is -0.674. The Balaban J connectivity index is 2.25. The maximum Gasteiger partial charge on any atom is 0.339 e. The first-order valence-corrected chi connectivity index (χ1v) is 6.43. The lowest BCUT2D eigenvalue weighted by Gasteiger charge is -2.13. The number of aryl methyl sites for hydroxylation is 1. The molecule has 0 aliphatic rings. The number of carbonyl (C=O) groups excluding carboxylic acids is 1. The van der Waals surface area contributed by atoms with Crippen molar-refractivity contribution in [3.8, 4) is 11.1 Å². The summed E-state index contributed by atoms with van der Waals surface area (Å²) < 4.78 is 9.90. The lowest BCUT2D eigenvalue weighted by molar-refractivity contribution is -0.152. The SMILES string of the molecule is COC(=O)C(OC)c1ccc(-c2ccc(C)cc2)cc1. The molecule has 3 nitrogen and oxygen atoms in total. The van der Waals surface area contributed by atoms with Crippen LogP contribution in [-0.2, 0) is 14.3 Å². The standard InChI is InChI=1S/C17H18O3/c1-12-4-6-13(7-5-12)14-8-10-15(11-9-14)16(19-2)17(18)20-3/h4-11,16H,1-3H3. The molecule has 1 unspecified atom stereocenters. The summed E-state index contributed by atoms with van der Waals surface area (Å²) in [6.45, 7) is 2.06. The molecule has 0 heterocycles. The van der Waals surface area contributed by atoms with Gasteiger partial charge in [-0.2, -0.15) is 0 Å². The summed E-state index contributed by atoms with van der Waals surface area (Å²) in [7, 11) is 2.85. The van der Waals surface area contributed by atoms with E-state index in [4.69, 9.17) is 9.47 Å². The van der Waals surface area contributed by atoms with Crippen molar-refractivity contribution in [1.29, 1.82) is 0 Å². The van der Waals surface area contributed by atoms with Gasteiger partial charge < -0.3 is 9.47 Å². The molecular formula is C17H18O3. The number of methoxy groups -OCH3 is 2. The van der Waals surface area contributed by atoms with Crippen LogP contribution in [0.5, 0.6) is 0 Å². The molecule has 2 rings (SSSR count). The maximum atomic E-state index is 11.6. The van der Waals surface area contributed by atoms with Crippen molar-refractivity contribution in [3.05, 3.63) is 59.7 Å². The number of ether oxygens (including phenoxy) is 2. The Hall–Kier alpha value is -2.13. The smallest absolute Gasteiger partial charge is 0.339 e. The van der Waals surface area contributed by atoms with Crippen LogP contribution in [0.3, 0.4) is 0 Å². The molecule has 2 aromatic rings. The monoisotopic (exact) mass is 270 g/mol. The van der Waals surface area contributed by atoms with E-state index in [2.05, 4.69) is 31.2 Å². The lowest BCUT2D eigenvalue weighted by Crippen LogP contribution is -2.15. The maximum absolute atomic E-state index is 11.6. The molecule has 2 aromatic carbocycles. The van der Waals surface area contributed by atoms with Gasteiger partial charge in [0.15, 0.2) is 6.10 Å². The van der Waals surface area contributed by atoms with Crippen LogP contribution in [0.4, 0.5) is 0 Å². The van der Waals surface area contributed by atoms with Crippen molar-refractivity contribution in [2.45, 2.75) is 13.0 Å². The summed E-state index contributed by atoms with van der Waals surface area (Å²) in [5, 5.41) is 0. The average molecular weight is 270 g/mol. The highest BCUT2D eigenvalue weighted by molar-refractivity contribution is 5.77. The molecule has 104 valence electrons. The van der Waals surface area contributed by atoms with Gasteiger partial charge in [-0.25, -0.2) is 4.79 Å². The number of benzene rings is 2. The number of esters is 1. The zero-order valence-corrected chi connectivity index (χ0v) is 11.9. The van der Waals surface area contributed by atoms with Crippen LogP contribution >= 0.6 is 0 Å².